The molecule has 0 radical (unpaired) electrons. The third kappa shape index (κ3) is 6.57. The lowest BCUT2D eigenvalue weighted by molar-refractivity contribution is -0.141. The molecule has 1 aliphatic carbocycles. The first-order valence-electron chi connectivity index (χ1n) is 16.0. The molecule has 9 heteroatoms. The van der Waals surface area contributed by atoms with Gasteiger partial charge in [0, 0.05) is 85.6 Å². The molecule has 2 aromatic rings. The van der Waals surface area contributed by atoms with E-state index in [1.807, 2.05) is 24.3 Å². The maximum atomic E-state index is 14.1. The van der Waals surface area contributed by atoms with Gasteiger partial charge in [0.05, 0.1) is 12.5 Å². The van der Waals surface area contributed by atoms with Crippen LogP contribution in [0.25, 0.3) is 33.4 Å². The number of rotatable bonds is 10. The largest absolute Gasteiger partial charge is 0.481 e. The Kier molecular flexibility index (Phi) is 9.86. The predicted octanol–water partition coefficient (Wildman–Crippen LogP) is 5.01. The fourth-order valence-corrected chi connectivity index (χ4v) is 6.32. The van der Waals surface area contributed by atoms with Crippen LogP contribution in [-0.2, 0) is 9.59 Å². The van der Waals surface area contributed by atoms with Crippen LogP contribution < -0.4 is 14.8 Å². The number of benzene rings is 3. The molecule has 1 fully saturated rings. The molecule has 0 bridgehead atoms. The average molecular weight is 612 g/mol. The second kappa shape index (κ2) is 14.0. The number of piperazine rings is 1. The highest BCUT2D eigenvalue weighted by Gasteiger charge is 2.28. The molecule has 2 heterocycles. The zero-order valence-corrected chi connectivity index (χ0v) is 26.7. The van der Waals surface area contributed by atoms with E-state index in [0.717, 1.165) is 70.6 Å². The van der Waals surface area contributed by atoms with Crippen molar-refractivity contribution in [3.05, 3.63) is 71.6 Å². The highest BCUT2D eigenvalue weighted by atomic mass is 16.4. The quantitative estimate of drug-likeness (QED) is 0.200. The number of hydrogen-bond donors (Lipinski definition) is 1. The first kappa shape index (κ1) is 31.8. The molecule has 0 atom stereocenters. The van der Waals surface area contributed by atoms with Crippen molar-refractivity contribution in [3.63, 3.8) is 0 Å². The van der Waals surface area contributed by atoms with E-state index < -0.39 is 5.97 Å². The zero-order valence-electron chi connectivity index (χ0n) is 26.7. The van der Waals surface area contributed by atoms with Crippen LogP contribution in [0.4, 0.5) is 5.69 Å². The van der Waals surface area contributed by atoms with Gasteiger partial charge in [-0.2, -0.15) is 0 Å². The molecule has 5 rings (SSSR count). The van der Waals surface area contributed by atoms with Crippen molar-refractivity contribution in [1.29, 1.82) is 0 Å². The highest BCUT2D eigenvalue weighted by molar-refractivity contribution is 6.09. The molecule has 2 aromatic carbocycles. The molecule has 3 aliphatic rings. The molecule has 1 N–H and O–H groups in total. The molecule has 0 spiro atoms. The third-order valence-electron chi connectivity index (χ3n) is 8.85. The number of amides is 2. The lowest BCUT2D eigenvalue weighted by Gasteiger charge is -2.35. The number of carbonyl (C=O) groups is 3. The van der Waals surface area contributed by atoms with Crippen molar-refractivity contribution in [2.24, 2.45) is 0 Å². The maximum absolute atomic E-state index is 14.1. The third-order valence-corrected chi connectivity index (χ3v) is 8.85. The van der Waals surface area contributed by atoms with Crippen LogP contribution in [0, 0.1) is 0 Å². The summed E-state index contributed by atoms with van der Waals surface area (Å²) in [4.78, 5) is 43.2. The fraction of sp³-hybridized carbons (Fsp3) is 0.389. The molecule has 2 aliphatic heterocycles. The second-order valence-corrected chi connectivity index (χ2v) is 11.3. The number of aliphatic carboxylic acids is 1. The van der Waals surface area contributed by atoms with Crippen molar-refractivity contribution < 1.29 is 23.9 Å². The van der Waals surface area contributed by atoms with Gasteiger partial charge in [0.15, 0.2) is 0 Å². The van der Waals surface area contributed by atoms with Crippen LogP contribution in [0.1, 0.15) is 50.9 Å². The predicted molar refractivity (Wildman–Crippen MR) is 178 cm³/mol. The van der Waals surface area contributed by atoms with Gasteiger partial charge in [0.25, 0.3) is 5.91 Å². The lowest BCUT2D eigenvalue weighted by atomic mass is 9.90. The molecule has 0 unspecified atom stereocenters. The van der Waals surface area contributed by atoms with Crippen LogP contribution >= 0.6 is 0 Å². The Hall–Kier alpha value is -4.66. The van der Waals surface area contributed by atoms with Crippen molar-refractivity contribution in [3.8, 4) is 22.5 Å². The van der Waals surface area contributed by atoms with E-state index in [2.05, 4.69) is 73.6 Å². The number of nitrogens with zero attached hydrogens (tertiary/aromatic N) is 4. The summed E-state index contributed by atoms with van der Waals surface area (Å²) >= 11 is 0. The van der Waals surface area contributed by atoms with E-state index in [1.165, 1.54) is 0 Å². The molecule has 0 aromatic heterocycles. The fourth-order valence-electron chi connectivity index (χ4n) is 6.32. The summed E-state index contributed by atoms with van der Waals surface area (Å²) in [6.45, 7) is 13.6. The minimum atomic E-state index is -0.990. The van der Waals surface area contributed by atoms with Crippen molar-refractivity contribution in [2.75, 3.05) is 57.3 Å². The number of fused-ring (bicyclic) bond motifs is 2. The van der Waals surface area contributed by atoms with E-state index in [1.54, 1.807) is 9.80 Å². The summed E-state index contributed by atoms with van der Waals surface area (Å²) < 4.78 is 8.92. The minimum absolute atomic E-state index is 0.0305. The van der Waals surface area contributed by atoms with Crippen LogP contribution in [0.15, 0.2) is 65.1 Å². The molecule has 2 amide bonds. The first-order valence-corrected chi connectivity index (χ1v) is 16.0. The molecule has 0 saturated carbocycles. The molecule has 45 heavy (non-hydrogen) atoms. The Morgan fingerprint density at radius 3 is 2.18 bits per heavy atom. The molecule has 236 valence electrons. The van der Waals surface area contributed by atoms with E-state index in [9.17, 15) is 14.4 Å². The number of carbonyl (C=O) groups excluding carboxylic acids is 2. The van der Waals surface area contributed by atoms with E-state index >= 15 is 0 Å². The zero-order chi connectivity index (χ0) is 32.1. The van der Waals surface area contributed by atoms with Crippen LogP contribution in [0.5, 0.6) is 0 Å². The van der Waals surface area contributed by atoms with Gasteiger partial charge >= 0.3 is 5.97 Å². The highest BCUT2D eigenvalue weighted by Crippen LogP contribution is 2.42. The number of carboxylic acids is 1. The van der Waals surface area contributed by atoms with Crippen molar-refractivity contribution >= 4 is 34.4 Å². The van der Waals surface area contributed by atoms with Gasteiger partial charge < -0.3 is 24.2 Å². The standard InChI is InChI=1S/C36H42N4O5/c1-5-37(6-2)25-13-15-29-31(23-25)45-32-24-26(38(7-3)8-4)14-16-30(32)35(29)27-11-9-10-12-28(27)36(44)40-21-19-39(20-22-40)33(41)17-18-34(42)43/h9-16,23-24H,5-8,17-22H2,1-4H3/p+1. The second-order valence-electron chi connectivity index (χ2n) is 11.3. The lowest BCUT2D eigenvalue weighted by Crippen LogP contribution is -2.50. The van der Waals surface area contributed by atoms with Gasteiger partial charge in [-0.05, 0) is 57.5 Å². The Bertz CT molecular complexity index is 1740. The Labute approximate surface area is 264 Å². The molecular formula is C36H43N4O5+. The van der Waals surface area contributed by atoms with Gasteiger partial charge in [-0.3, -0.25) is 14.4 Å². The number of anilines is 1. The van der Waals surface area contributed by atoms with Crippen molar-refractivity contribution in [2.45, 2.75) is 40.5 Å². The summed E-state index contributed by atoms with van der Waals surface area (Å²) in [6, 6.07) is 20.4. The van der Waals surface area contributed by atoms with Crippen molar-refractivity contribution in [1.82, 2.24) is 14.4 Å². The summed E-state index contributed by atoms with van der Waals surface area (Å²) in [5.41, 5.74) is 5.16. The number of carboxylic acid groups (broad SMARTS) is 1. The van der Waals surface area contributed by atoms with E-state index in [-0.39, 0.29) is 24.7 Å². The summed E-state index contributed by atoms with van der Waals surface area (Å²) in [5, 5.41) is 11.0. The van der Waals surface area contributed by atoms with Gasteiger partial charge in [-0.15, -0.1) is 0 Å². The topological polar surface area (TPSA) is 97.3 Å². The Morgan fingerprint density at radius 1 is 0.822 bits per heavy atom. The minimum Gasteiger partial charge on any atom is -0.481 e. The SMILES string of the molecule is CCN(CC)c1ccc2c(-c3ccccc3C(=O)N3CCN(C(=O)CCC(=O)O)CC3)c3ccc(=[N+](CC)CC)cc-3oc2c1. The summed E-state index contributed by atoms with van der Waals surface area (Å²) in [7, 11) is 0. The molecule has 9 nitrogen and oxygen atoms in total. The normalized spacial score (nSPS) is 13.3. The van der Waals surface area contributed by atoms with E-state index in [4.69, 9.17) is 9.52 Å². The van der Waals surface area contributed by atoms with Crippen LogP contribution in [0.3, 0.4) is 0 Å². The average Bonchev–Trinajstić information content (AvgIpc) is 3.07. The molecule has 1 saturated heterocycles. The van der Waals surface area contributed by atoms with Gasteiger partial charge in [-0.25, -0.2) is 4.58 Å². The van der Waals surface area contributed by atoms with Crippen LogP contribution in [-0.4, -0.2) is 85.0 Å². The maximum Gasteiger partial charge on any atom is 0.303 e. The smallest absolute Gasteiger partial charge is 0.303 e. The Balaban J connectivity index is 1.60. The monoisotopic (exact) mass is 611 g/mol. The number of hydrogen-bond acceptors (Lipinski definition) is 5. The first-order chi connectivity index (χ1) is 21.8. The summed E-state index contributed by atoms with van der Waals surface area (Å²) in [6.07, 6.45) is -0.221. The van der Waals surface area contributed by atoms with Gasteiger partial charge in [0.1, 0.15) is 24.4 Å². The summed E-state index contributed by atoms with van der Waals surface area (Å²) in [5.74, 6) is -0.515. The van der Waals surface area contributed by atoms with Gasteiger partial charge in [-0.1, -0.05) is 18.2 Å². The molecular weight excluding hydrogens is 568 g/mol. The van der Waals surface area contributed by atoms with Gasteiger partial charge in [0.2, 0.25) is 11.3 Å². The Morgan fingerprint density at radius 2 is 1.51 bits per heavy atom. The van der Waals surface area contributed by atoms with Crippen LogP contribution in [0.2, 0.25) is 0 Å². The van der Waals surface area contributed by atoms with E-state index in [0.29, 0.717) is 31.7 Å².